The number of nitrogens with two attached hydrogens (primary N) is 2. The number of rotatable bonds is 8. The second kappa shape index (κ2) is 7.45. The third-order valence-corrected chi connectivity index (χ3v) is 3.07. The van der Waals surface area contributed by atoms with Gasteiger partial charge in [-0.05, 0) is 19.3 Å². The number of halogens is 1. The molecule has 1 atom stereocenters. The van der Waals surface area contributed by atoms with Gasteiger partial charge in [0.2, 0.25) is 5.91 Å². The first kappa shape index (κ1) is 14.2. The minimum atomic E-state index is -0.419. The molecular formula is C10H18BrN3O. The zero-order valence-electron chi connectivity index (χ0n) is 8.76. The highest BCUT2D eigenvalue weighted by atomic mass is 79.9. The maximum absolute atomic E-state index is 10.6. The van der Waals surface area contributed by atoms with Crippen LogP contribution in [0.5, 0.6) is 0 Å². The second-order valence-corrected chi connectivity index (χ2v) is 4.60. The van der Waals surface area contributed by atoms with Crippen LogP contribution >= 0.6 is 15.9 Å². The highest BCUT2D eigenvalue weighted by molar-refractivity contribution is 9.10. The topological polar surface area (TPSA) is 93.0 Å². The molecule has 1 amide bonds. The minimum Gasteiger partial charge on any atom is -0.387 e. The van der Waals surface area contributed by atoms with E-state index in [1.165, 1.54) is 0 Å². The Balaban J connectivity index is 3.44. The third kappa shape index (κ3) is 7.13. The standard InChI is InChI=1S/C10H18BrN3O/c1-7(10(14)15)5-3-2-4-6-8(11)9(12)13/h8H,1-6H2,(H3,12,13)(H2,14,15). The molecule has 4 nitrogen and oxygen atoms in total. The molecule has 0 aromatic rings. The van der Waals surface area contributed by atoms with Gasteiger partial charge in [0.25, 0.3) is 0 Å². The molecule has 0 rings (SSSR count). The molecule has 1 unspecified atom stereocenters. The van der Waals surface area contributed by atoms with Gasteiger partial charge in [-0.2, -0.15) is 0 Å². The molecule has 0 spiro atoms. The molecule has 0 aromatic carbocycles. The van der Waals surface area contributed by atoms with Gasteiger partial charge in [0.05, 0.1) is 4.83 Å². The van der Waals surface area contributed by atoms with E-state index in [2.05, 4.69) is 22.5 Å². The van der Waals surface area contributed by atoms with Gasteiger partial charge in [-0.3, -0.25) is 10.2 Å². The Morgan fingerprint density at radius 2 is 1.93 bits per heavy atom. The van der Waals surface area contributed by atoms with Crippen LogP contribution in [-0.4, -0.2) is 16.6 Å². The molecule has 0 heterocycles. The van der Waals surface area contributed by atoms with E-state index in [0.29, 0.717) is 12.0 Å². The number of amides is 1. The van der Waals surface area contributed by atoms with Crippen LogP contribution in [0.2, 0.25) is 0 Å². The molecule has 0 aliphatic heterocycles. The van der Waals surface area contributed by atoms with E-state index in [-0.39, 0.29) is 10.7 Å². The second-order valence-electron chi connectivity index (χ2n) is 3.49. The van der Waals surface area contributed by atoms with Crippen LogP contribution in [0.15, 0.2) is 12.2 Å². The van der Waals surface area contributed by atoms with Gasteiger partial charge in [0.1, 0.15) is 5.84 Å². The smallest absolute Gasteiger partial charge is 0.244 e. The zero-order chi connectivity index (χ0) is 11.8. The summed E-state index contributed by atoms with van der Waals surface area (Å²) in [6, 6.07) is 0. The number of hydrogen-bond acceptors (Lipinski definition) is 2. The molecule has 0 saturated heterocycles. The molecule has 0 bridgehead atoms. The van der Waals surface area contributed by atoms with Gasteiger partial charge >= 0.3 is 0 Å². The van der Waals surface area contributed by atoms with Crippen molar-refractivity contribution in [2.45, 2.75) is 36.9 Å². The summed E-state index contributed by atoms with van der Waals surface area (Å²) in [7, 11) is 0. The number of primary amides is 1. The van der Waals surface area contributed by atoms with Crippen molar-refractivity contribution in [2.24, 2.45) is 11.5 Å². The van der Waals surface area contributed by atoms with Crippen molar-refractivity contribution in [1.82, 2.24) is 0 Å². The lowest BCUT2D eigenvalue weighted by Gasteiger charge is -2.07. The van der Waals surface area contributed by atoms with Crippen LogP contribution in [0.4, 0.5) is 0 Å². The lowest BCUT2D eigenvalue weighted by molar-refractivity contribution is -0.114. The van der Waals surface area contributed by atoms with Gasteiger partial charge in [0, 0.05) is 5.57 Å². The molecule has 0 aliphatic rings. The fraction of sp³-hybridized carbons (Fsp3) is 0.600. The number of amidine groups is 1. The summed E-state index contributed by atoms with van der Waals surface area (Å²) >= 11 is 3.31. The Morgan fingerprint density at radius 3 is 2.40 bits per heavy atom. The van der Waals surface area contributed by atoms with Crippen LogP contribution in [0.25, 0.3) is 0 Å². The van der Waals surface area contributed by atoms with Crippen molar-refractivity contribution in [2.75, 3.05) is 0 Å². The zero-order valence-corrected chi connectivity index (χ0v) is 10.3. The van der Waals surface area contributed by atoms with E-state index in [0.717, 1.165) is 25.7 Å². The highest BCUT2D eigenvalue weighted by Gasteiger charge is 2.06. The lowest BCUT2D eigenvalue weighted by atomic mass is 10.1. The summed E-state index contributed by atoms with van der Waals surface area (Å²) in [4.78, 5) is 10.6. The van der Waals surface area contributed by atoms with Crippen LogP contribution in [0, 0.1) is 5.41 Å². The van der Waals surface area contributed by atoms with E-state index in [9.17, 15) is 4.79 Å². The fourth-order valence-corrected chi connectivity index (χ4v) is 1.44. The first-order valence-electron chi connectivity index (χ1n) is 4.90. The van der Waals surface area contributed by atoms with Gasteiger partial charge in [0.15, 0.2) is 0 Å². The van der Waals surface area contributed by atoms with Gasteiger partial charge < -0.3 is 11.5 Å². The van der Waals surface area contributed by atoms with Crippen molar-refractivity contribution in [3.8, 4) is 0 Å². The van der Waals surface area contributed by atoms with Crippen molar-refractivity contribution >= 4 is 27.7 Å². The highest BCUT2D eigenvalue weighted by Crippen LogP contribution is 2.13. The Morgan fingerprint density at radius 1 is 1.33 bits per heavy atom. The van der Waals surface area contributed by atoms with Crippen LogP contribution in [-0.2, 0) is 4.79 Å². The average molecular weight is 276 g/mol. The number of unbranched alkanes of at least 4 members (excludes halogenated alkanes) is 2. The Kier molecular flexibility index (Phi) is 7.03. The monoisotopic (exact) mass is 275 g/mol. The first-order valence-corrected chi connectivity index (χ1v) is 5.82. The normalized spacial score (nSPS) is 12.1. The van der Waals surface area contributed by atoms with E-state index in [1.54, 1.807) is 0 Å². The summed E-state index contributed by atoms with van der Waals surface area (Å²) < 4.78 is 0. The molecule has 0 fully saturated rings. The number of nitrogens with one attached hydrogen (secondary N) is 1. The third-order valence-electron chi connectivity index (χ3n) is 2.12. The van der Waals surface area contributed by atoms with Gasteiger partial charge in [-0.15, -0.1) is 0 Å². The lowest BCUT2D eigenvalue weighted by Crippen LogP contribution is -2.22. The first-order chi connectivity index (χ1) is 6.95. The number of carbonyl (C=O) groups excluding carboxylic acids is 1. The predicted molar refractivity (Wildman–Crippen MR) is 66.0 cm³/mol. The maximum atomic E-state index is 10.6. The number of carbonyl (C=O) groups is 1. The molecule has 5 N–H and O–H groups in total. The van der Waals surface area contributed by atoms with Crippen LogP contribution in [0.3, 0.4) is 0 Å². The van der Waals surface area contributed by atoms with Crippen LogP contribution < -0.4 is 11.5 Å². The van der Waals surface area contributed by atoms with E-state index in [1.807, 2.05) is 0 Å². The summed E-state index contributed by atoms with van der Waals surface area (Å²) in [5.74, 6) is -0.256. The van der Waals surface area contributed by atoms with E-state index < -0.39 is 5.91 Å². The maximum Gasteiger partial charge on any atom is 0.244 e. The quantitative estimate of drug-likeness (QED) is 0.207. The van der Waals surface area contributed by atoms with Crippen LogP contribution in [0.1, 0.15) is 32.1 Å². The molecule has 0 aromatic heterocycles. The van der Waals surface area contributed by atoms with Crippen molar-refractivity contribution in [3.63, 3.8) is 0 Å². The largest absolute Gasteiger partial charge is 0.387 e. The average Bonchev–Trinajstić information content (AvgIpc) is 2.16. The summed E-state index contributed by atoms with van der Waals surface area (Å²) in [5.41, 5.74) is 10.8. The fourth-order valence-electron chi connectivity index (χ4n) is 1.12. The van der Waals surface area contributed by atoms with Crippen molar-refractivity contribution < 1.29 is 4.79 Å². The van der Waals surface area contributed by atoms with Gasteiger partial charge in [-0.25, -0.2) is 0 Å². The Bertz CT molecular complexity index is 253. The van der Waals surface area contributed by atoms with Gasteiger partial charge in [-0.1, -0.05) is 35.4 Å². The summed E-state index contributed by atoms with van der Waals surface area (Å²) in [5, 5.41) is 7.16. The predicted octanol–water partition coefficient (Wildman–Crippen LogP) is 1.68. The number of alkyl halides is 1. The molecular weight excluding hydrogens is 258 g/mol. The minimum absolute atomic E-state index is 0.0307. The molecule has 15 heavy (non-hydrogen) atoms. The van der Waals surface area contributed by atoms with E-state index in [4.69, 9.17) is 16.9 Å². The SMILES string of the molecule is C=C(CCCCCC(Br)C(=N)N)C(N)=O. The molecule has 5 heteroatoms. The van der Waals surface area contributed by atoms with Crippen molar-refractivity contribution in [1.29, 1.82) is 5.41 Å². The number of hydrogen-bond donors (Lipinski definition) is 3. The molecule has 86 valence electrons. The van der Waals surface area contributed by atoms with E-state index >= 15 is 0 Å². The molecule has 0 saturated carbocycles. The summed E-state index contributed by atoms with van der Waals surface area (Å²) in [6.07, 6.45) is 4.36. The molecule has 0 radical (unpaired) electrons. The Hall–Kier alpha value is -0.840. The molecule has 0 aliphatic carbocycles. The summed E-state index contributed by atoms with van der Waals surface area (Å²) in [6.45, 7) is 3.58. The van der Waals surface area contributed by atoms with Crippen molar-refractivity contribution in [3.05, 3.63) is 12.2 Å². The Labute approximate surface area is 98.7 Å².